The quantitative estimate of drug-likeness (QED) is 0.585. The van der Waals surface area contributed by atoms with Gasteiger partial charge in [0.25, 0.3) is 5.91 Å². The molecule has 29 heavy (non-hydrogen) atoms. The number of hydrogen-bond donors (Lipinski definition) is 2. The molecule has 0 aliphatic carbocycles. The molecule has 0 saturated carbocycles. The van der Waals surface area contributed by atoms with E-state index in [2.05, 4.69) is 20.4 Å². The zero-order chi connectivity index (χ0) is 20.6. The smallest absolute Gasteiger partial charge is 0.337 e. The lowest BCUT2D eigenvalue weighted by molar-refractivity contribution is 0.0600. The van der Waals surface area contributed by atoms with E-state index in [1.54, 1.807) is 54.7 Å². The fourth-order valence-corrected chi connectivity index (χ4v) is 2.64. The summed E-state index contributed by atoms with van der Waals surface area (Å²) in [5, 5.41) is 5.97. The van der Waals surface area contributed by atoms with E-state index in [-0.39, 0.29) is 5.91 Å². The molecule has 3 rings (SSSR count). The summed E-state index contributed by atoms with van der Waals surface area (Å²) >= 11 is 0. The number of ether oxygens (including phenoxy) is 2. The van der Waals surface area contributed by atoms with Gasteiger partial charge in [-0.05, 0) is 55.5 Å². The number of pyridine rings is 1. The minimum atomic E-state index is -0.402. The molecule has 2 N–H and O–H groups in total. The molecule has 1 amide bonds. The molecule has 0 spiro atoms. The summed E-state index contributed by atoms with van der Waals surface area (Å²) in [6, 6.07) is 17.3. The molecule has 7 heteroatoms. The number of esters is 1. The topological polar surface area (TPSA) is 89.5 Å². The predicted octanol–water partition coefficient (Wildman–Crippen LogP) is 4.26. The highest BCUT2D eigenvalue weighted by Crippen LogP contribution is 2.24. The number of para-hydroxylation sites is 2. The Bertz CT molecular complexity index is 1000. The van der Waals surface area contributed by atoms with Gasteiger partial charge in [0.05, 0.1) is 25.0 Å². The number of carbonyl (C=O) groups is 2. The van der Waals surface area contributed by atoms with Gasteiger partial charge in [0, 0.05) is 17.4 Å². The zero-order valence-electron chi connectivity index (χ0n) is 16.1. The second kappa shape index (κ2) is 9.36. The molecule has 0 saturated heterocycles. The number of carbonyl (C=O) groups excluding carboxylic acids is 2. The standard InChI is InChI=1S/C22H21N3O4/c1-3-29-19-7-5-4-6-18(19)25-21(26)16-12-13-23-20(14-16)24-17-10-8-15(9-11-17)22(27)28-2/h4-14H,3H2,1-2H3,(H,23,24)(H,25,26). The van der Waals surface area contributed by atoms with E-state index in [4.69, 9.17) is 4.74 Å². The maximum atomic E-state index is 12.7. The third-order valence-corrected chi connectivity index (χ3v) is 4.04. The Kier molecular flexibility index (Phi) is 6.42. The van der Waals surface area contributed by atoms with E-state index in [0.717, 1.165) is 5.69 Å². The average Bonchev–Trinajstić information content (AvgIpc) is 2.75. The van der Waals surface area contributed by atoms with Crippen LogP contribution in [0.25, 0.3) is 0 Å². The summed E-state index contributed by atoms with van der Waals surface area (Å²) < 4.78 is 10.2. The Morgan fingerprint density at radius 1 is 1.00 bits per heavy atom. The molecule has 0 unspecified atom stereocenters. The van der Waals surface area contributed by atoms with Crippen LogP contribution < -0.4 is 15.4 Å². The summed E-state index contributed by atoms with van der Waals surface area (Å²) in [5.41, 5.74) is 2.22. The van der Waals surface area contributed by atoms with Crippen LogP contribution in [0.2, 0.25) is 0 Å². The molecule has 0 aliphatic heterocycles. The number of anilines is 3. The highest BCUT2D eigenvalue weighted by Gasteiger charge is 2.11. The van der Waals surface area contributed by atoms with E-state index in [1.165, 1.54) is 7.11 Å². The Labute approximate surface area is 168 Å². The number of nitrogens with one attached hydrogen (secondary N) is 2. The molecule has 0 bridgehead atoms. The molecule has 0 fully saturated rings. The van der Waals surface area contributed by atoms with Gasteiger partial charge in [-0.1, -0.05) is 12.1 Å². The lowest BCUT2D eigenvalue weighted by atomic mass is 10.2. The van der Waals surface area contributed by atoms with Gasteiger partial charge in [-0.15, -0.1) is 0 Å². The van der Waals surface area contributed by atoms with Crippen molar-refractivity contribution in [2.75, 3.05) is 24.4 Å². The fraction of sp³-hybridized carbons (Fsp3) is 0.136. The third kappa shape index (κ3) is 5.10. The Morgan fingerprint density at radius 2 is 1.76 bits per heavy atom. The summed E-state index contributed by atoms with van der Waals surface area (Å²) in [6.07, 6.45) is 1.55. The van der Waals surface area contributed by atoms with Crippen LogP contribution in [0.5, 0.6) is 5.75 Å². The fourth-order valence-electron chi connectivity index (χ4n) is 2.64. The van der Waals surface area contributed by atoms with Gasteiger partial charge in [-0.3, -0.25) is 4.79 Å². The lowest BCUT2D eigenvalue weighted by Gasteiger charge is -2.12. The number of amides is 1. The summed E-state index contributed by atoms with van der Waals surface area (Å²) in [7, 11) is 1.34. The van der Waals surface area contributed by atoms with Crippen molar-refractivity contribution in [2.45, 2.75) is 6.92 Å². The van der Waals surface area contributed by atoms with Crippen LogP contribution in [0.4, 0.5) is 17.2 Å². The number of aromatic nitrogens is 1. The van der Waals surface area contributed by atoms with Gasteiger partial charge < -0.3 is 20.1 Å². The van der Waals surface area contributed by atoms with Crippen molar-refractivity contribution < 1.29 is 19.1 Å². The van der Waals surface area contributed by atoms with E-state index in [0.29, 0.717) is 35.0 Å². The van der Waals surface area contributed by atoms with E-state index >= 15 is 0 Å². The number of methoxy groups -OCH3 is 1. The Morgan fingerprint density at radius 3 is 2.48 bits per heavy atom. The van der Waals surface area contributed by atoms with Crippen LogP contribution in [0.3, 0.4) is 0 Å². The van der Waals surface area contributed by atoms with Gasteiger partial charge >= 0.3 is 5.97 Å². The van der Waals surface area contributed by atoms with Crippen molar-refractivity contribution >= 4 is 29.1 Å². The minimum absolute atomic E-state index is 0.274. The molecular formula is C22H21N3O4. The lowest BCUT2D eigenvalue weighted by Crippen LogP contribution is -2.13. The molecule has 2 aromatic carbocycles. The molecule has 0 aliphatic rings. The number of hydrogen-bond acceptors (Lipinski definition) is 6. The Hall–Kier alpha value is -3.87. The summed E-state index contributed by atoms with van der Waals surface area (Å²) in [6.45, 7) is 2.39. The van der Waals surface area contributed by atoms with Crippen LogP contribution in [0.15, 0.2) is 66.9 Å². The molecule has 0 radical (unpaired) electrons. The average molecular weight is 391 g/mol. The highest BCUT2D eigenvalue weighted by atomic mass is 16.5. The van der Waals surface area contributed by atoms with Crippen LogP contribution >= 0.6 is 0 Å². The van der Waals surface area contributed by atoms with E-state index in [9.17, 15) is 9.59 Å². The zero-order valence-corrected chi connectivity index (χ0v) is 16.1. The van der Waals surface area contributed by atoms with Crippen molar-refractivity contribution in [3.63, 3.8) is 0 Å². The number of rotatable bonds is 7. The van der Waals surface area contributed by atoms with E-state index < -0.39 is 5.97 Å². The number of benzene rings is 2. The van der Waals surface area contributed by atoms with Gasteiger partial charge in [-0.2, -0.15) is 0 Å². The van der Waals surface area contributed by atoms with Gasteiger partial charge in [0.1, 0.15) is 11.6 Å². The van der Waals surface area contributed by atoms with Crippen molar-refractivity contribution in [3.8, 4) is 5.75 Å². The molecule has 1 aromatic heterocycles. The second-order valence-electron chi connectivity index (χ2n) is 6.01. The largest absolute Gasteiger partial charge is 0.492 e. The van der Waals surface area contributed by atoms with Gasteiger partial charge in [-0.25, -0.2) is 9.78 Å². The minimum Gasteiger partial charge on any atom is -0.492 e. The molecular weight excluding hydrogens is 370 g/mol. The monoisotopic (exact) mass is 391 g/mol. The molecule has 7 nitrogen and oxygen atoms in total. The highest BCUT2D eigenvalue weighted by molar-refractivity contribution is 6.05. The summed E-state index contributed by atoms with van der Waals surface area (Å²) in [4.78, 5) is 28.4. The Balaban J connectivity index is 1.72. The second-order valence-corrected chi connectivity index (χ2v) is 6.01. The first-order valence-corrected chi connectivity index (χ1v) is 9.05. The normalized spacial score (nSPS) is 10.1. The van der Waals surface area contributed by atoms with Crippen LogP contribution in [0, 0.1) is 0 Å². The maximum absolute atomic E-state index is 12.7. The summed E-state index contributed by atoms with van der Waals surface area (Å²) in [5.74, 6) is 0.437. The maximum Gasteiger partial charge on any atom is 0.337 e. The number of nitrogens with zero attached hydrogens (tertiary/aromatic N) is 1. The third-order valence-electron chi connectivity index (χ3n) is 4.04. The first kappa shape index (κ1) is 19.9. The molecule has 3 aromatic rings. The van der Waals surface area contributed by atoms with Crippen LogP contribution in [-0.4, -0.2) is 30.6 Å². The van der Waals surface area contributed by atoms with Crippen molar-refractivity contribution in [1.29, 1.82) is 0 Å². The van der Waals surface area contributed by atoms with Gasteiger partial charge in [0.15, 0.2) is 0 Å². The van der Waals surface area contributed by atoms with Crippen LogP contribution in [0.1, 0.15) is 27.6 Å². The molecule has 1 heterocycles. The molecule has 148 valence electrons. The molecule has 0 atom stereocenters. The van der Waals surface area contributed by atoms with Gasteiger partial charge in [0.2, 0.25) is 0 Å². The van der Waals surface area contributed by atoms with Crippen molar-refractivity contribution in [2.24, 2.45) is 0 Å². The first-order chi connectivity index (χ1) is 14.1. The van der Waals surface area contributed by atoms with Crippen LogP contribution in [-0.2, 0) is 4.74 Å². The predicted molar refractivity (Wildman–Crippen MR) is 111 cm³/mol. The van der Waals surface area contributed by atoms with Crippen molar-refractivity contribution in [3.05, 3.63) is 78.0 Å². The SMILES string of the molecule is CCOc1ccccc1NC(=O)c1ccnc(Nc2ccc(C(=O)OC)cc2)c1. The van der Waals surface area contributed by atoms with Crippen molar-refractivity contribution in [1.82, 2.24) is 4.98 Å². The first-order valence-electron chi connectivity index (χ1n) is 9.05. The van der Waals surface area contributed by atoms with E-state index in [1.807, 2.05) is 19.1 Å².